The topological polar surface area (TPSA) is 71.3 Å². The van der Waals surface area contributed by atoms with Gasteiger partial charge in [0.15, 0.2) is 0 Å². The molecule has 1 amide bonds. The first-order valence-electron chi connectivity index (χ1n) is 7.21. The van der Waals surface area contributed by atoms with E-state index in [1.807, 2.05) is 42.1 Å². The summed E-state index contributed by atoms with van der Waals surface area (Å²) in [5.74, 6) is -1.20. The number of para-hydroxylation sites is 1. The summed E-state index contributed by atoms with van der Waals surface area (Å²) in [4.78, 5) is 23.2. The molecule has 2 N–H and O–H groups in total. The van der Waals surface area contributed by atoms with Crippen LogP contribution in [0.3, 0.4) is 0 Å². The number of fused-ring (bicyclic) bond motifs is 1. The molecule has 3 aromatic rings. The highest BCUT2D eigenvalue weighted by atomic mass is 16.4. The number of aromatic nitrogens is 1. The molecule has 0 radical (unpaired) electrons. The summed E-state index contributed by atoms with van der Waals surface area (Å²) in [6.45, 7) is 0. The van der Waals surface area contributed by atoms with Crippen molar-refractivity contribution in [2.45, 2.75) is 6.42 Å². The molecular formula is C18H16N2O3. The Hall–Kier alpha value is -3.08. The number of amides is 1. The summed E-state index contributed by atoms with van der Waals surface area (Å²) in [6.07, 6.45) is 2.18. The molecule has 0 aliphatic heterocycles. The number of nitrogens with zero attached hydrogens (tertiary/aromatic N) is 1. The molecular weight excluding hydrogens is 292 g/mol. The van der Waals surface area contributed by atoms with Gasteiger partial charge in [0.25, 0.3) is 0 Å². The number of carbonyl (C=O) groups excluding carboxylic acids is 1. The number of benzene rings is 2. The van der Waals surface area contributed by atoms with Gasteiger partial charge in [0.2, 0.25) is 5.91 Å². The lowest BCUT2D eigenvalue weighted by Crippen LogP contribution is -2.14. The molecule has 0 aliphatic carbocycles. The fourth-order valence-electron chi connectivity index (χ4n) is 2.67. The number of aryl methyl sites for hydroxylation is 1. The van der Waals surface area contributed by atoms with Crippen LogP contribution in [-0.2, 0) is 18.3 Å². The Morgan fingerprint density at radius 3 is 2.70 bits per heavy atom. The number of hydrogen-bond acceptors (Lipinski definition) is 2. The van der Waals surface area contributed by atoms with Gasteiger partial charge in [-0.25, -0.2) is 4.79 Å². The largest absolute Gasteiger partial charge is 0.478 e. The molecule has 3 rings (SSSR count). The summed E-state index contributed by atoms with van der Waals surface area (Å²) < 4.78 is 1.99. The third-order valence-electron chi connectivity index (χ3n) is 3.72. The molecule has 0 unspecified atom stereocenters. The van der Waals surface area contributed by atoms with Crippen LogP contribution >= 0.6 is 0 Å². The highest BCUT2D eigenvalue weighted by Gasteiger charge is 2.11. The minimum absolute atomic E-state index is 0.146. The van der Waals surface area contributed by atoms with Crippen LogP contribution in [0.15, 0.2) is 54.7 Å². The molecule has 0 fully saturated rings. The lowest BCUT2D eigenvalue weighted by atomic mass is 10.1. The van der Waals surface area contributed by atoms with E-state index in [0.717, 1.165) is 16.5 Å². The van der Waals surface area contributed by atoms with E-state index in [2.05, 4.69) is 5.32 Å². The first-order valence-corrected chi connectivity index (χ1v) is 7.21. The Bertz CT molecular complexity index is 896. The van der Waals surface area contributed by atoms with Gasteiger partial charge in [-0.1, -0.05) is 24.3 Å². The molecule has 1 heterocycles. The van der Waals surface area contributed by atoms with Crippen molar-refractivity contribution < 1.29 is 14.7 Å². The van der Waals surface area contributed by atoms with Crippen molar-refractivity contribution >= 4 is 28.5 Å². The quantitative estimate of drug-likeness (QED) is 0.778. The van der Waals surface area contributed by atoms with Gasteiger partial charge in [-0.15, -0.1) is 0 Å². The Morgan fingerprint density at radius 1 is 1.13 bits per heavy atom. The average Bonchev–Trinajstić information content (AvgIpc) is 2.84. The molecule has 23 heavy (non-hydrogen) atoms. The Kier molecular flexibility index (Phi) is 3.85. The maximum Gasteiger partial charge on any atom is 0.335 e. The van der Waals surface area contributed by atoms with Gasteiger partial charge in [-0.05, 0) is 29.8 Å². The zero-order valence-corrected chi connectivity index (χ0v) is 12.6. The van der Waals surface area contributed by atoms with E-state index >= 15 is 0 Å². The average molecular weight is 308 g/mol. The van der Waals surface area contributed by atoms with Crippen molar-refractivity contribution in [3.05, 3.63) is 65.9 Å². The first kappa shape index (κ1) is 14.8. The number of rotatable bonds is 4. The molecule has 0 aliphatic rings. The van der Waals surface area contributed by atoms with Crippen LogP contribution < -0.4 is 5.32 Å². The number of carboxylic acid groups (broad SMARTS) is 1. The molecule has 0 saturated carbocycles. The minimum atomic E-state index is -1.02. The number of nitrogens with one attached hydrogen (secondary N) is 1. The zero-order chi connectivity index (χ0) is 16.4. The van der Waals surface area contributed by atoms with E-state index in [9.17, 15) is 9.59 Å². The Balaban J connectivity index is 1.79. The molecule has 2 aromatic carbocycles. The number of carbonyl (C=O) groups is 2. The molecule has 0 saturated heterocycles. The van der Waals surface area contributed by atoms with Crippen LogP contribution in [0.1, 0.15) is 15.9 Å². The third-order valence-corrected chi connectivity index (χ3v) is 3.72. The lowest BCUT2D eigenvalue weighted by Gasteiger charge is -2.05. The molecule has 5 nitrogen and oxygen atoms in total. The Labute approximate surface area is 133 Å². The van der Waals surface area contributed by atoms with Crippen LogP contribution in [-0.4, -0.2) is 21.6 Å². The van der Waals surface area contributed by atoms with Crippen molar-refractivity contribution in [1.29, 1.82) is 0 Å². The van der Waals surface area contributed by atoms with Crippen LogP contribution in [0.25, 0.3) is 10.9 Å². The summed E-state index contributed by atoms with van der Waals surface area (Å²) in [6, 6.07) is 14.1. The van der Waals surface area contributed by atoms with Crippen LogP contribution in [0, 0.1) is 0 Å². The van der Waals surface area contributed by atoms with E-state index in [4.69, 9.17) is 5.11 Å². The fraction of sp³-hybridized carbons (Fsp3) is 0.111. The summed E-state index contributed by atoms with van der Waals surface area (Å²) >= 11 is 0. The third kappa shape index (κ3) is 3.08. The van der Waals surface area contributed by atoms with Crippen molar-refractivity contribution in [3.63, 3.8) is 0 Å². The standard InChI is InChI=1S/C18H16N2O3/c1-20-11-13(15-7-2-3-8-16(15)20)10-17(21)19-14-6-4-5-12(9-14)18(22)23/h2-9,11H,10H2,1H3,(H,19,21)(H,22,23). The van der Waals surface area contributed by atoms with Crippen molar-refractivity contribution in [1.82, 2.24) is 4.57 Å². The predicted octanol–water partition coefficient (Wildman–Crippen LogP) is 3.06. The Morgan fingerprint density at radius 2 is 1.91 bits per heavy atom. The highest BCUT2D eigenvalue weighted by molar-refractivity contribution is 5.97. The zero-order valence-electron chi connectivity index (χ0n) is 12.6. The SMILES string of the molecule is Cn1cc(CC(=O)Nc2cccc(C(=O)O)c2)c2ccccc21. The monoisotopic (exact) mass is 308 g/mol. The predicted molar refractivity (Wildman–Crippen MR) is 88.7 cm³/mol. The number of anilines is 1. The maximum absolute atomic E-state index is 12.2. The van der Waals surface area contributed by atoms with E-state index in [0.29, 0.717) is 5.69 Å². The van der Waals surface area contributed by atoms with Gasteiger partial charge < -0.3 is 15.0 Å². The second-order valence-corrected chi connectivity index (χ2v) is 5.39. The fourth-order valence-corrected chi connectivity index (χ4v) is 2.67. The summed E-state index contributed by atoms with van der Waals surface area (Å²) in [7, 11) is 1.94. The van der Waals surface area contributed by atoms with Gasteiger partial charge in [-0.2, -0.15) is 0 Å². The first-order chi connectivity index (χ1) is 11.0. The van der Waals surface area contributed by atoms with Gasteiger partial charge in [0.1, 0.15) is 0 Å². The van der Waals surface area contributed by atoms with Crippen molar-refractivity contribution in [2.75, 3.05) is 5.32 Å². The van der Waals surface area contributed by atoms with Crippen molar-refractivity contribution in [2.24, 2.45) is 7.05 Å². The normalized spacial score (nSPS) is 10.7. The van der Waals surface area contributed by atoms with E-state index in [1.54, 1.807) is 12.1 Å². The lowest BCUT2D eigenvalue weighted by molar-refractivity contribution is -0.115. The number of aromatic carboxylic acids is 1. The summed E-state index contributed by atoms with van der Waals surface area (Å²) in [5, 5.41) is 12.8. The second kappa shape index (κ2) is 5.96. The van der Waals surface area contributed by atoms with E-state index < -0.39 is 5.97 Å². The maximum atomic E-state index is 12.2. The number of carboxylic acids is 1. The second-order valence-electron chi connectivity index (χ2n) is 5.39. The van der Waals surface area contributed by atoms with Crippen LogP contribution in [0.2, 0.25) is 0 Å². The van der Waals surface area contributed by atoms with E-state index in [-0.39, 0.29) is 17.9 Å². The van der Waals surface area contributed by atoms with Crippen LogP contribution in [0.5, 0.6) is 0 Å². The molecule has 0 bridgehead atoms. The van der Waals surface area contributed by atoms with Gasteiger partial charge >= 0.3 is 5.97 Å². The van der Waals surface area contributed by atoms with Crippen LogP contribution in [0.4, 0.5) is 5.69 Å². The van der Waals surface area contributed by atoms with Gasteiger partial charge in [0, 0.05) is 29.8 Å². The smallest absolute Gasteiger partial charge is 0.335 e. The molecule has 0 atom stereocenters. The molecule has 5 heteroatoms. The number of hydrogen-bond donors (Lipinski definition) is 2. The van der Waals surface area contributed by atoms with E-state index in [1.165, 1.54) is 12.1 Å². The highest BCUT2D eigenvalue weighted by Crippen LogP contribution is 2.21. The molecule has 116 valence electrons. The van der Waals surface area contributed by atoms with Gasteiger partial charge in [-0.3, -0.25) is 4.79 Å². The van der Waals surface area contributed by atoms with Crippen molar-refractivity contribution in [3.8, 4) is 0 Å². The minimum Gasteiger partial charge on any atom is -0.478 e. The molecule has 1 aromatic heterocycles. The summed E-state index contributed by atoms with van der Waals surface area (Å²) in [5.41, 5.74) is 2.64. The molecule has 0 spiro atoms. The van der Waals surface area contributed by atoms with Gasteiger partial charge in [0.05, 0.1) is 12.0 Å².